The highest BCUT2D eigenvalue weighted by Crippen LogP contribution is 2.27. The largest absolute Gasteiger partial charge is 0.481 e. The molecule has 1 aromatic carbocycles. The third-order valence-corrected chi connectivity index (χ3v) is 4.70. The number of rotatable bonds is 12. The number of nitrogens with one attached hydrogen (secondary N) is 1. The third kappa shape index (κ3) is 9.29. The van der Waals surface area contributed by atoms with Crippen molar-refractivity contribution < 1.29 is 14.7 Å². The number of aliphatic carboxylic acids is 1. The number of carboxylic acids is 1. The van der Waals surface area contributed by atoms with Crippen molar-refractivity contribution in [3.8, 4) is 0 Å². The molecule has 0 aromatic heterocycles. The number of carbonyl (C=O) groups is 2. The number of carboxylic acid groups (broad SMARTS) is 1. The highest BCUT2D eigenvalue weighted by molar-refractivity contribution is 7.99. The van der Waals surface area contributed by atoms with Crippen molar-refractivity contribution in [3.63, 3.8) is 0 Å². The van der Waals surface area contributed by atoms with Gasteiger partial charge in [0.05, 0.1) is 5.69 Å². The predicted octanol–water partition coefficient (Wildman–Crippen LogP) is 4.94. The van der Waals surface area contributed by atoms with Gasteiger partial charge in [-0.1, -0.05) is 38.3 Å². The number of hydrogen-bond acceptors (Lipinski definition) is 3. The molecule has 1 rings (SSSR count). The first-order valence-corrected chi connectivity index (χ1v) is 9.35. The molecule has 0 saturated heterocycles. The van der Waals surface area contributed by atoms with Gasteiger partial charge in [0.25, 0.3) is 0 Å². The minimum absolute atomic E-state index is 0.0556. The number of thioether (sulfide) groups is 1. The topological polar surface area (TPSA) is 66.4 Å². The van der Waals surface area contributed by atoms with E-state index in [9.17, 15) is 9.59 Å². The highest BCUT2D eigenvalue weighted by atomic mass is 32.2. The molecule has 0 radical (unpaired) electrons. The van der Waals surface area contributed by atoms with E-state index >= 15 is 0 Å². The second-order valence-corrected chi connectivity index (χ2v) is 6.69. The Bertz CT molecular complexity index is 491. The average Bonchev–Trinajstić information content (AvgIpc) is 2.53. The maximum atomic E-state index is 12.0. The van der Waals surface area contributed by atoms with Crippen LogP contribution < -0.4 is 5.32 Å². The van der Waals surface area contributed by atoms with Crippen LogP contribution in [-0.4, -0.2) is 22.7 Å². The first kappa shape index (κ1) is 19.6. The Morgan fingerprint density at radius 3 is 2.39 bits per heavy atom. The van der Waals surface area contributed by atoms with Crippen LogP contribution in [0.2, 0.25) is 0 Å². The zero-order valence-corrected chi connectivity index (χ0v) is 14.7. The van der Waals surface area contributed by atoms with Gasteiger partial charge in [-0.25, -0.2) is 0 Å². The fraction of sp³-hybridized carbons (Fsp3) is 0.556. The first-order chi connectivity index (χ1) is 11.1. The van der Waals surface area contributed by atoms with Gasteiger partial charge in [0.1, 0.15) is 0 Å². The van der Waals surface area contributed by atoms with E-state index in [1.807, 2.05) is 24.3 Å². The predicted molar refractivity (Wildman–Crippen MR) is 96.0 cm³/mol. The monoisotopic (exact) mass is 337 g/mol. The summed E-state index contributed by atoms with van der Waals surface area (Å²) in [5, 5.41) is 11.5. The molecule has 0 fully saturated rings. The zero-order valence-electron chi connectivity index (χ0n) is 13.8. The van der Waals surface area contributed by atoms with E-state index in [-0.39, 0.29) is 12.3 Å². The summed E-state index contributed by atoms with van der Waals surface area (Å²) in [7, 11) is 0. The van der Waals surface area contributed by atoms with Gasteiger partial charge in [0.2, 0.25) is 5.91 Å². The second-order valence-electron chi connectivity index (χ2n) is 5.55. The zero-order chi connectivity index (χ0) is 16.9. The van der Waals surface area contributed by atoms with Gasteiger partial charge >= 0.3 is 5.97 Å². The fourth-order valence-corrected chi connectivity index (χ4v) is 3.09. The summed E-state index contributed by atoms with van der Waals surface area (Å²) >= 11 is 1.77. The number of carbonyl (C=O) groups excluding carboxylic acids is 1. The number of hydrogen-bond donors (Lipinski definition) is 2. The molecule has 128 valence electrons. The van der Waals surface area contributed by atoms with Crippen LogP contribution in [0.1, 0.15) is 58.3 Å². The van der Waals surface area contributed by atoms with Crippen molar-refractivity contribution in [2.45, 2.75) is 63.2 Å². The van der Waals surface area contributed by atoms with Crippen molar-refractivity contribution in [2.24, 2.45) is 0 Å². The second kappa shape index (κ2) is 12.0. The lowest BCUT2D eigenvalue weighted by molar-refractivity contribution is -0.137. The van der Waals surface area contributed by atoms with E-state index < -0.39 is 5.97 Å². The van der Waals surface area contributed by atoms with Crippen LogP contribution >= 0.6 is 11.8 Å². The molecule has 0 spiro atoms. The van der Waals surface area contributed by atoms with Crippen LogP contribution in [0, 0.1) is 0 Å². The molecule has 0 aliphatic heterocycles. The van der Waals surface area contributed by atoms with E-state index in [0.717, 1.165) is 54.9 Å². The molecular weight excluding hydrogens is 310 g/mol. The summed E-state index contributed by atoms with van der Waals surface area (Å²) in [5.74, 6) is 0.368. The molecular formula is C18H27NO3S. The molecule has 4 nitrogen and oxygen atoms in total. The van der Waals surface area contributed by atoms with Crippen molar-refractivity contribution in [2.75, 3.05) is 11.1 Å². The molecule has 1 aromatic rings. The van der Waals surface area contributed by atoms with E-state index in [2.05, 4.69) is 12.2 Å². The summed E-state index contributed by atoms with van der Waals surface area (Å²) in [4.78, 5) is 23.5. The van der Waals surface area contributed by atoms with Crippen molar-refractivity contribution >= 4 is 29.3 Å². The van der Waals surface area contributed by atoms with Crippen LogP contribution in [0.3, 0.4) is 0 Å². The Balaban J connectivity index is 2.22. The maximum absolute atomic E-state index is 12.0. The molecule has 0 atom stereocenters. The van der Waals surface area contributed by atoms with E-state index in [4.69, 9.17) is 5.11 Å². The lowest BCUT2D eigenvalue weighted by Gasteiger charge is -2.10. The van der Waals surface area contributed by atoms with Crippen LogP contribution in [-0.2, 0) is 9.59 Å². The number of para-hydroxylation sites is 1. The minimum atomic E-state index is -0.732. The molecule has 0 saturated carbocycles. The van der Waals surface area contributed by atoms with Crippen molar-refractivity contribution in [3.05, 3.63) is 24.3 Å². The van der Waals surface area contributed by atoms with Crippen LogP contribution in [0.5, 0.6) is 0 Å². The number of amides is 1. The Hall–Kier alpha value is -1.49. The Morgan fingerprint density at radius 1 is 1.04 bits per heavy atom. The lowest BCUT2D eigenvalue weighted by Crippen LogP contribution is -2.11. The Kier molecular flexibility index (Phi) is 10.2. The smallest absolute Gasteiger partial charge is 0.303 e. The van der Waals surface area contributed by atoms with Crippen LogP contribution in [0.4, 0.5) is 5.69 Å². The van der Waals surface area contributed by atoms with Crippen LogP contribution in [0.25, 0.3) is 0 Å². The summed E-state index contributed by atoms with van der Waals surface area (Å²) in [6.45, 7) is 2.14. The van der Waals surface area contributed by atoms with Gasteiger partial charge in [-0.05, 0) is 37.1 Å². The van der Waals surface area contributed by atoms with E-state index in [0.29, 0.717) is 6.42 Å². The summed E-state index contributed by atoms with van der Waals surface area (Å²) < 4.78 is 0. The minimum Gasteiger partial charge on any atom is -0.481 e. The number of unbranched alkanes of at least 4 members (excludes halogenated alkanes) is 4. The molecule has 0 unspecified atom stereocenters. The standard InChI is InChI=1S/C18H27NO3S/c1-2-14-23-16-11-9-8-10-15(16)19-17(20)12-6-4-3-5-7-13-18(21)22/h8-11H,2-7,12-14H2,1H3,(H,19,20)(H,21,22). The summed E-state index contributed by atoms with van der Waals surface area (Å²) in [5.41, 5.74) is 0.900. The van der Waals surface area contributed by atoms with Crippen molar-refractivity contribution in [1.29, 1.82) is 0 Å². The maximum Gasteiger partial charge on any atom is 0.303 e. The molecule has 0 heterocycles. The first-order valence-electron chi connectivity index (χ1n) is 8.37. The average molecular weight is 337 g/mol. The normalized spacial score (nSPS) is 10.5. The Morgan fingerprint density at radius 2 is 1.70 bits per heavy atom. The molecule has 0 bridgehead atoms. The van der Waals surface area contributed by atoms with Gasteiger partial charge in [-0.2, -0.15) is 0 Å². The molecule has 2 N–H and O–H groups in total. The van der Waals surface area contributed by atoms with E-state index in [1.54, 1.807) is 11.8 Å². The van der Waals surface area contributed by atoms with Gasteiger partial charge < -0.3 is 10.4 Å². The molecule has 0 aliphatic carbocycles. The van der Waals surface area contributed by atoms with Crippen molar-refractivity contribution in [1.82, 2.24) is 0 Å². The Labute approximate surface area is 143 Å². The van der Waals surface area contributed by atoms with Gasteiger partial charge in [0.15, 0.2) is 0 Å². The number of benzene rings is 1. The summed E-state index contributed by atoms with van der Waals surface area (Å²) in [6, 6.07) is 7.92. The number of anilines is 1. The van der Waals surface area contributed by atoms with Gasteiger partial charge in [-0.3, -0.25) is 9.59 Å². The fourth-order valence-electron chi connectivity index (χ4n) is 2.21. The SMILES string of the molecule is CCCSc1ccccc1NC(=O)CCCCCCCC(=O)O. The van der Waals surface area contributed by atoms with Gasteiger partial charge in [0, 0.05) is 17.7 Å². The molecule has 23 heavy (non-hydrogen) atoms. The third-order valence-electron chi connectivity index (χ3n) is 3.42. The quantitative estimate of drug-likeness (QED) is 0.419. The summed E-state index contributed by atoms with van der Waals surface area (Å²) in [6.07, 6.45) is 6.33. The highest BCUT2D eigenvalue weighted by Gasteiger charge is 2.06. The van der Waals surface area contributed by atoms with Crippen LogP contribution in [0.15, 0.2) is 29.2 Å². The molecule has 1 amide bonds. The molecule has 5 heteroatoms. The van der Waals surface area contributed by atoms with Gasteiger partial charge in [-0.15, -0.1) is 11.8 Å². The lowest BCUT2D eigenvalue weighted by atomic mass is 10.1. The van der Waals surface area contributed by atoms with E-state index in [1.165, 1.54) is 0 Å². The molecule has 0 aliphatic rings.